The van der Waals surface area contributed by atoms with E-state index in [4.69, 9.17) is 11.6 Å². The summed E-state index contributed by atoms with van der Waals surface area (Å²) in [5.41, 5.74) is 2.35. The molecule has 0 aliphatic heterocycles. The molecule has 0 atom stereocenters. The molecule has 1 heterocycles. The molecule has 0 bridgehead atoms. The van der Waals surface area contributed by atoms with Crippen LogP contribution < -0.4 is 4.90 Å². The van der Waals surface area contributed by atoms with E-state index in [1.165, 1.54) is 6.07 Å². The molecule has 0 radical (unpaired) electrons. The van der Waals surface area contributed by atoms with Crippen molar-refractivity contribution in [2.45, 2.75) is 12.4 Å². The van der Waals surface area contributed by atoms with Crippen molar-refractivity contribution in [1.82, 2.24) is 4.98 Å². The van der Waals surface area contributed by atoms with Crippen LogP contribution in [0.5, 0.6) is 0 Å². The van der Waals surface area contributed by atoms with E-state index in [0.29, 0.717) is 12.2 Å². The number of benzene rings is 1. The maximum absolute atomic E-state index is 11.2. The minimum Gasteiger partial charge on any atom is -0.365 e. The molecule has 0 saturated carbocycles. The van der Waals surface area contributed by atoms with Crippen molar-refractivity contribution in [1.29, 1.82) is 0 Å². The van der Waals surface area contributed by atoms with Crippen molar-refractivity contribution in [3.8, 4) is 0 Å². The Hall–Kier alpha value is -2.14. The molecule has 104 valence electrons. The Kier molecular flexibility index (Phi) is 4.53. The zero-order chi connectivity index (χ0) is 14.5. The normalized spacial score (nSPS) is 10.3. The molecule has 2 rings (SSSR count). The molecule has 1 aromatic carbocycles. The number of halogens is 1. The molecular weight excluding hydrogens is 278 g/mol. The Bertz CT molecular complexity index is 605. The van der Waals surface area contributed by atoms with E-state index in [0.717, 1.165) is 11.1 Å². The standard InChI is InChI=1S/C14H14ClN3O2/c1-17(10-12-3-2-6-16-9-12)13-5-4-11(8-15)7-14(13)18(19)20/h2-7,9H,8,10H2,1H3. The van der Waals surface area contributed by atoms with Gasteiger partial charge < -0.3 is 4.90 Å². The number of nitro benzene ring substituents is 1. The minimum absolute atomic E-state index is 0.0644. The van der Waals surface area contributed by atoms with E-state index in [-0.39, 0.29) is 16.5 Å². The highest BCUT2D eigenvalue weighted by atomic mass is 35.5. The second kappa shape index (κ2) is 6.34. The van der Waals surface area contributed by atoms with E-state index in [1.54, 1.807) is 24.5 Å². The molecule has 0 N–H and O–H groups in total. The second-order valence-corrected chi connectivity index (χ2v) is 4.70. The van der Waals surface area contributed by atoms with Gasteiger partial charge in [-0.25, -0.2) is 0 Å². The summed E-state index contributed by atoms with van der Waals surface area (Å²) in [6, 6.07) is 8.82. The summed E-state index contributed by atoms with van der Waals surface area (Å²) in [7, 11) is 1.82. The molecule has 0 saturated heterocycles. The number of pyridine rings is 1. The highest BCUT2D eigenvalue weighted by molar-refractivity contribution is 6.17. The van der Waals surface area contributed by atoms with Crippen LogP contribution in [-0.4, -0.2) is 17.0 Å². The van der Waals surface area contributed by atoms with Gasteiger partial charge in [-0.3, -0.25) is 15.1 Å². The van der Waals surface area contributed by atoms with Crippen LogP contribution >= 0.6 is 11.6 Å². The lowest BCUT2D eigenvalue weighted by Gasteiger charge is -2.19. The Morgan fingerprint density at radius 1 is 1.35 bits per heavy atom. The van der Waals surface area contributed by atoms with E-state index in [1.807, 2.05) is 24.1 Å². The first-order chi connectivity index (χ1) is 9.61. The Balaban J connectivity index is 2.29. The third-order valence-corrected chi connectivity index (χ3v) is 3.25. The number of aromatic nitrogens is 1. The van der Waals surface area contributed by atoms with Crippen LogP contribution in [0.3, 0.4) is 0 Å². The molecule has 0 amide bonds. The van der Waals surface area contributed by atoms with Gasteiger partial charge in [0.05, 0.1) is 4.92 Å². The summed E-state index contributed by atoms with van der Waals surface area (Å²) < 4.78 is 0. The maximum atomic E-state index is 11.2. The Morgan fingerprint density at radius 3 is 2.75 bits per heavy atom. The first-order valence-corrected chi connectivity index (χ1v) is 6.58. The smallest absolute Gasteiger partial charge is 0.292 e. The summed E-state index contributed by atoms with van der Waals surface area (Å²) >= 11 is 5.72. The molecule has 6 heteroatoms. The zero-order valence-corrected chi connectivity index (χ0v) is 11.7. The maximum Gasteiger partial charge on any atom is 0.292 e. The van der Waals surface area contributed by atoms with E-state index < -0.39 is 0 Å². The number of hydrogen-bond donors (Lipinski definition) is 0. The molecule has 0 spiro atoms. The van der Waals surface area contributed by atoms with Crippen molar-refractivity contribution >= 4 is 23.0 Å². The largest absolute Gasteiger partial charge is 0.365 e. The molecule has 0 aliphatic rings. The Morgan fingerprint density at radius 2 is 2.15 bits per heavy atom. The number of nitrogens with zero attached hydrogens (tertiary/aromatic N) is 3. The van der Waals surface area contributed by atoms with Crippen LogP contribution in [0, 0.1) is 10.1 Å². The highest BCUT2D eigenvalue weighted by Crippen LogP contribution is 2.29. The fourth-order valence-corrected chi connectivity index (χ4v) is 2.14. The fourth-order valence-electron chi connectivity index (χ4n) is 1.97. The van der Waals surface area contributed by atoms with Gasteiger partial charge in [-0.2, -0.15) is 0 Å². The van der Waals surface area contributed by atoms with Crippen molar-refractivity contribution in [2.75, 3.05) is 11.9 Å². The van der Waals surface area contributed by atoms with Crippen LogP contribution in [0.2, 0.25) is 0 Å². The van der Waals surface area contributed by atoms with Gasteiger partial charge >= 0.3 is 0 Å². The molecule has 0 fully saturated rings. The summed E-state index contributed by atoms with van der Waals surface area (Å²) in [6.45, 7) is 0.550. The average molecular weight is 292 g/mol. The summed E-state index contributed by atoms with van der Waals surface area (Å²) in [6.07, 6.45) is 3.44. The molecule has 5 nitrogen and oxygen atoms in total. The number of hydrogen-bond acceptors (Lipinski definition) is 4. The summed E-state index contributed by atoms with van der Waals surface area (Å²) in [5, 5.41) is 11.2. The number of rotatable bonds is 5. The number of nitro groups is 1. The monoisotopic (exact) mass is 291 g/mol. The van der Waals surface area contributed by atoms with E-state index in [9.17, 15) is 10.1 Å². The van der Waals surface area contributed by atoms with Crippen LogP contribution in [0.1, 0.15) is 11.1 Å². The van der Waals surface area contributed by atoms with E-state index >= 15 is 0 Å². The molecular formula is C14H14ClN3O2. The third-order valence-electron chi connectivity index (χ3n) is 2.94. The van der Waals surface area contributed by atoms with Crippen LogP contribution in [0.25, 0.3) is 0 Å². The third kappa shape index (κ3) is 3.24. The van der Waals surface area contributed by atoms with Crippen molar-refractivity contribution < 1.29 is 4.92 Å². The first-order valence-electron chi connectivity index (χ1n) is 6.05. The molecule has 0 unspecified atom stereocenters. The van der Waals surface area contributed by atoms with Gasteiger partial charge in [-0.05, 0) is 23.3 Å². The predicted molar refractivity (Wildman–Crippen MR) is 79.0 cm³/mol. The number of alkyl halides is 1. The van der Waals surface area contributed by atoms with Crippen molar-refractivity contribution in [3.05, 3.63) is 64.0 Å². The topological polar surface area (TPSA) is 59.3 Å². The number of anilines is 1. The van der Waals surface area contributed by atoms with Gasteiger partial charge in [0.25, 0.3) is 5.69 Å². The lowest BCUT2D eigenvalue weighted by Crippen LogP contribution is -2.17. The molecule has 2 aromatic rings. The average Bonchev–Trinajstić information content (AvgIpc) is 2.47. The van der Waals surface area contributed by atoms with Gasteiger partial charge in [-0.1, -0.05) is 12.1 Å². The van der Waals surface area contributed by atoms with Crippen LogP contribution in [0.15, 0.2) is 42.7 Å². The molecule has 1 aromatic heterocycles. The Labute approximate surface area is 122 Å². The van der Waals surface area contributed by atoms with Crippen molar-refractivity contribution in [2.24, 2.45) is 0 Å². The summed E-state index contributed by atoms with van der Waals surface area (Å²) in [5.74, 6) is 0.257. The predicted octanol–water partition coefficient (Wildman–Crippen LogP) is 3.37. The zero-order valence-electron chi connectivity index (χ0n) is 11.0. The van der Waals surface area contributed by atoms with Gasteiger partial charge in [0.2, 0.25) is 0 Å². The second-order valence-electron chi connectivity index (χ2n) is 4.43. The minimum atomic E-state index is -0.384. The SMILES string of the molecule is CN(Cc1cccnc1)c1ccc(CCl)cc1[N+](=O)[O-]. The highest BCUT2D eigenvalue weighted by Gasteiger charge is 2.17. The first kappa shape index (κ1) is 14.3. The van der Waals surface area contributed by atoms with E-state index in [2.05, 4.69) is 4.98 Å². The lowest BCUT2D eigenvalue weighted by molar-refractivity contribution is -0.384. The van der Waals surface area contributed by atoms with Crippen LogP contribution in [-0.2, 0) is 12.4 Å². The lowest BCUT2D eigenvalue weighted by atomic mass is 10.1. The van der Waals surface area contributed by atoms with Gasteiger partial charge in [0.1, 0.15) is 5.69 Å². The van der Waals surface area contributed by atoms with Crippen LogP contribution in [0.4, 0.5) is 11.4 Å². The molecule has 20 heavy (non-hydrogen) atoms. The van der Waals surface area contributed by atoms with Gasteiger partial charge in [0, 0.05) is 37.9 Å². The summed E-state index contributed by atoms with van der Waals surface area (Å²) in [4.78, 5) is 16.7. The fraction of sp³-hybridized carbons (Fsp3) is 0.214. The van der Waals surface area contributed by atoms with Gasteiger partial charge in [-0.15, -0.1) is 11.6 Å². The van der Waals surface area contributed by atoms with Gasteiger partial charge in [0.15, 0.2) is 0 Å². The molecule has 0 aliphatic carbocycles. The van der Waals surface area contributed by atoms with Crippen molar-refractivity contribution in [3.63, 3.8) is 0 Å². The quantitative estimate of drug-likeness (QED) is 0.481.